The average Bonchev–Trinajstić information content (AvgIpc) is 2.96. The molecule has 0 spiro atoms. The van der Waals surface area contributed by atoms with Crippen molar-refractivity contribution in [1.82, 2.24) is 9.97 Å². The zero-order chi connectivity index (χ0) is 11.0. The number of rotatable bonds is 2. The number of oxazole rings is 1. The van der Waals surface area contributed by atoms with Crippen molar-refractivity contribution < 1.29 is 4.42 Å². The molecule has 2 heterocycles. The summed E-state index contributed by atoms with van der Waals surface area (Å²) in [6.45, 7) is 0.495. The van der Waals surface area contributed by atoms with Crippen molar-refractivity contribution in [1.29, 1.82) is 0 Å². The normalized spacial score (nSPS) is 17.3. The topological polar surface area (TPSA) is 64.9 Å². The predicted octanol–water partition coefficient (Wildman–Crippen LogP) is 2.34. The fraction of sp³-hybridized carbons (Fsp3) is 0.500. The molecule has 16 heavy (non-hydrogen) atoms. The molecular weight excluding hydrogens is 202 g/mol. The Morgan fingerprint density at radius 1 is 1.38 bits per heavy atom. The molecule has 0 aliphatic heterocycles. The van der Waals surface area contributed by atoms with Gasteiger partial charge in [-0.2, -0.15) is 0 Å². The Bertz CT molecular complexity index is 500. The second-order valence-electron chi connectivity index (χ2n) is 4.41. The first-order chi connectivity index (χ1) is 7.86. The lowest BCUT2D eigenvalue weighted by atomic mass is 10.1. The van der Waals surface area contributed by atoms with E-state index in [4.69, 9.17) is 10.2 Å². The van der Waals surface area contributed by atoms with Gasteiger partial charge in [0, 0.05) is 18.7 Å². The van der Waals surface area contributed by atoms with Crippen molar-refractivity contribution in [2.45, 2.75) is 38.1 Å². The highest BCUT2D eigenvalue weighted by Gasteiger charge is 2.22. The molecule has 1 saturated carbocycles. The summed E-state index contributed by atoms with van der Waals surface area (Å²) >= 11 is 0. The van der Waals surface area contributed by atoms with E-state index in [0.717, 1.165) is 17.0 Å². The van der Waals surface area contributed by atoms with Crippen molar-refractivity contribution in [3.8, 4) is 0 Å². The van der Waals surface area contributed by atoms with Crippen LogP contribution in [0, 0.1) is 0 Å². The number of fused-ring (bicyclic) bond motifs is 1. The van der Waals surface area contributed by atoms with Crippen molar-refractivity contribution >= 4 is 11.2 Å². The van der Waals surface area contributed by atoms with Crippen molar-refractivity contribution in [3.05, 3.63) is 23.7 Å². The molecule has 2 aromatic rings. The van der Waals surface area contributed by atoms with E-state index in [2.05, 4.69) is 9.97 Å². The number of hydrogen-bond acceptors (Lipinski definition) is 4. The summed E-state index contributed by atoms with van der Waals surface area (Å²) in [5, 5.41) is 0. The van der Waals surface area contributed by atoms with Crippen LogP contribution in [0.1, 0.15) is 43.1 Å². The highest BCUT2D eigenvalue weighted by molar-refractivity contribution is 5.68. The summed E-state index contributed by atoms with van der Waals surface area (Å²) in [5.41, 5.74) is 8.05. The molecule has 2 N–H and O–H groups in total. The van der Waals surface area contributed by atoms with Gasteiger partial charge in [-0.05, 0) is 24.5 Å². The average molecular weight is 217 g/mol. The molecular formula is C12H15N3O. The van der Waals surface area contributed by atoms with Crippen molar-refractivity contribution in [2.24, 2.45) is 5.73 Å². The Morgan fingerprint density at radius 2 is 2.19 bits per heavy atom. The van der Waals surface area contributed by atoms with Gasteiger partial charge in [0.2, 0.25) is 11.6 Å². The largest absolute Gasteiger partial charge is 0.422 e. The quantitative estimate of drug-likeness (QED) is 0.838. The minimum atomic E-state index is 0.495. The summed E-state index contributed by atoms with van der Waals surface area (Å²) in [7, 11) is 0. The molecule has 3 rings (SSSR count). The number of hydrogen-bond donors (Lipinski definition) is 1. The van der Waals surface area contributed by atoms with Crippen LogP contribution in [0.3, 0.4) is 0 Å². The predicted molar refractivity (Wildman–Crippen MR) is 60.9 cm³/mol. The summed E-state index contributed by atoms with van der Waals surface area (Å²) < 4.78 is 5.69. The first-order valence-corrected chi connectivity index (χ1v) is 5.82. The molecule has 4 nitrogen and oxygen atoms in total. The van der Waals surface area contributed by atoms with Crippen LogP contribution in [0.5, 0.6) is 0 Å². The Labute approximate surface area is 93.9 Å². The molecule has 0 radical (unpaired) electrons. The number of nitrogens with two attached hydrogens (primary N) is 1. The lowest BCUT2D eigenvalue weighted by Crippen LogP contribution is -1.96. The van der Waals surface area contributed by atoms with Gasteiger partial charge in [0.25, 0.3) is 0 Å². The van der Waals surface area contributed by atoms with Crippen LogP contribution in [0.2, 0.25) is 0 Å². The van der Waals surface area contributed by atoms with Crippen LogP contribution in [0.25, 0.3) is 11.2 Å². The fourth-order valence-electron chi connectivity index (χ4n) is 2.34. The molecule has 0 unspecified atom stereocenters. The molecule has 4 heteroatoms. The number of nitrogens with zero attached hydrogens (tertiary/aromatic N) is 2. The van der Waals surface area contributed by atoms with E-state index >= 15 is 0 Å². The molecule has 84 valence electrons. The van der Waals surface area contributed by atoms with Crippen molar-refractivity contribution in [3.63, 3.8) is 0 Å². The minimum Gasteiger partial charge on any atom is -0.422 e. The zero-order valence-electron chi connectivity index (χ0n) is 9.15. The Balaban J connectivity index is 2.01. The van der Waals surface area contributed by atoms with Gasteiger partial charge in [-0.25, -0.2) is 9.97 Å². The molecule has 0 atom stereocenters. The van der Waals surface area contributed by atoms with Crippen LogP contribution < -0.4 is 5.73 Å². The maximum atomic E-state index is 5.69. The van der Waals surface area contributed by atoms with E-state index in [1.807, 2.05) is 6.07 Å². The van der Waals surface area contributed by atoms with Gasteiger partial charge in [0.15, 0.2) is 0 Å². The van der Waals surface area contributed by atoms with Crippen LogP contribution >= 0.6 is 0 Å². The van der Waals surface area contributed by atoms with E-state index in [1.54, 1.807) is 6.20 Å². The third-order valence-electron chi connectivity index (χ3n) is 3.26. The van der Waals surface area contributed by atoms with E-state index in [0.29, 0.717) is 18.2 Å². The van der Waals surface area contributed by atoms with E-state index in [1.165, 1.54) is 25.7 Å². The first-order valence-electron chi connectivity index (χ1n) is 5.82. The highest BCUT2D eigenvalue weighted by Crippen LogP contribution is 2.34. The molecule has 1 fully saturated rings. The first kappa shape index (κ1) is 9.78. The lowest BCUT2D eigenvalue weighted by Gasteiger charge is -2.00. The summed E-state index contributed by atoms with van der Waals surface area (Å²) in [4.78, 5) is 8.75. The van der Waals surface area contributed by atoms with Gasteiger partial charge in [0.05, 0.1) is 0 Å². The Kier molecular flexibility index (Phi) is 2.36. The molecule has 1 aliphatic rings. The van der Waals surface area contributed by atoms with Gasteiger partial charge in [0.1, 0.15) is 5.52 Å². The third kappa shape index (κ3) is 1.59. The summed E-state index contributed by atoms with van der Waals surface area (Å²) in [6, 6.07) is 1.96. The highest BCUT2D eigenvalue weighted by atomic mass is 16.4. The second kappa shape index (κ2) is 3.87. The number of pyridine rings is 1. The molecule has 0 amide bonds. The van der Waals surface area contributed by atoms with E-state index in [-0.39, 0.29) is 0 Å². The fourth-order valence-corrected chi connectivity index (χ4v) is 2.34. The van der Waals surface area contributed by atoms with Crippen LogP contribution in [-0.2, 0) is 6.54 Å². The third-order valence-corrected chi connectivity index (χ3v) is 3.26. The van der Waals surface area contributed by atoms with Gasteiger partial charge in [-0.3, -0.25) is 0 Å². The smallest absolute Gasteiger partial charge is 0.246 e. The molecule has 1 aliphatic carbocycles. The van der Waals surface area contributed by atoms with Gasteiger partial charge >= 0.3 is 0 Å². The monoisotopic (exact) mass is 217 g/mol. The molecule has 0 saturated heterocycles. The SMILES string of the molecule is NCc1cnc2oc(C3CCCC3)nc2c1. The molecule has 0 aromatic carbocycles. The van der Waals surface area contributed by atoms with Crippen LogP contribution in [0.4, 0.5) is 0 Å². The molecule has 0 bridgehead atoms. The molecule has 2 aromatic heterocycles. The Morgan fingerprint density at radius 3 is 2.94 bits per heavy atom. The van der Waals surface area contributed by atoms with Gasteiger partial charge < -0.3 is 10.2 Å². The van der Waals surface area contributed by atoms with Gasteiger partial charge in [-0.1, -0.05) is 12.8 Å². The van der Waals surface area contributed by atoms with E-state index < -0.39 is 0 Å². The minimum absolute atomic E-state index is 0.495. The van der Waals surface area contributed by atoms with Crippen LogP contribution in [0.15, 0.2) is 16.7 Å². The van der Waals surface area contributed by atoms with Crippen LogP contribution in [-0.4, -0.2) is 9.97 Å². The summed E-state index contributed by atoms with van der Waals surface area (Å²) in [6.07, 6.45) is 6.70. The lowest BCUT2D eigenvalue weighted by molar-refractivity contribution is 0.469. The number of aromatic nitrogens is 2. The standard InChI is InChI=1S/C12H15N3O/c13-6-8-5-10-12(14-7-8)16-11(15-10)9-3-1-2-4-9/h5,7,9H,1-4,6,13H2. The second-order valence-corrected chi connectivity index (χ2v) is 4.41. The maximum Gasteiger partial charge on any atom is 0.246 e. The van der Waals surface area contributed by atoms with Crippen molar-refractivity contribution in [2.75, 3.05) is 0 Å². The van der Waals surface area contributed by atoms with E-state index in [9.17, 15) is 0 Å². The maximum absolute atomic E-state index is 5.69. The zero-order valence-corrected chi connectivity index (χ0v) is 9.15. The van der Waals surface area contributed by atoms with Gasteiger partial charge in [-0.15, -0.1) is 0 Å². The summed E-state index contributed by atoms with van der Waals surface area (Å²) in [5.74, 6) is 1.35. The Hall–Kier alpha value is -1.42.